The van der Waals surface area contributed by atoms with Gasteiger partial charge in [0.2, 0.25) is 0 Å². The molecule has 1 N–H and O–H groups in total. The fourth-order valence-corrected chi connectivity index (χ4v) is 3.53. The molecule has 2 rings (SSSR count). The van der Waals surface area contributed by atoms with Gasteiger partial charge in [-0.3, -0.25) is 4.72 Å². The molecule has 0 aliphatic carbocycles. The van der Waals surface area contributed by atoms with Gasteiger partial charge >= 0.3 is 11.9 Å². The van der Waals surface area contributed by atoms with Gasteiger partial charge in [-0.2, -0.15) is 0 Å². The average Bonchev–Trinajstić information content (AvgIpc) is 2.60. The van der Waals surface area contributed by atoms with Gasteiger partial charge in [0, 0.05) is 5.69 Å². The van der Waals surface area contributed by atoms with Crippen molar-refractivity contribution in [2.45, 2.75) is 24.8 Å². The summed E-state index contributed by atoms with van der Waals surface area (Å²) in [5, 5.41) is 0. The van der Waals surface area contributed by atoms with E-state index in [2.05, 4.69) is 9.46 Å². The van der Waals surface area contributed by atoms with Crippen molar-refractivity contribution in [3.63, 3.8) is 0 Å². The molecule has 0 saturated carbocycles. The molecule has 9 heteroatoms. The Labute approximate surface area is 156 Å². The summed E-state index contributed by atoms with van der Waals surface area (Å²) in [4.78, 5) is 23.2. The highest BCUT2D eigenvalue weighted by atomic mass is 32.2. The van der Waals surface area contributed by atoms with Crippen molar-refractivity contribution < 1.29 is 31.9 Å². The normalized spacial score (nSPS) is 12.1. The summed E-state index contributed by atoms with van der Waals surface area (Å²) in [6.45, 7) is 2.86. The maximum atomic E-state index is 13.2. The predicted octanol–water partition coefficient (Wildman–Crippen LogP) is 2.65. The van der Waals surface area contributed by atoms with Crippen LogP contribution in [0.25, 0.3) is 0 Å². The van der Waals surface area contributed by atoms with Crippen LogP contribution < -0.4 is 4.72 Å². The summed E-state index contributed by atoms with van der Waals surface area (Å²) in [5.74, 6) is -1.98. The van der Waals surface area contributed by atoms with Crippen molar-refractivity contribution in [2.24, 2.45) is 0 Å². The molecule has 27 heavy (non-hydrogen) atoms. The Kier molecular flexibility index (Phi) is 6.17. The lowest BCUT2D eigenvalue weighted by atomic mass is 10.2. The summed E-state index contributed by atoms with van der Waals surface area (Å²) in [5.41, 5.74) is 0.599. The van der Waals surface area contributed by atoms with Gasteiger partial charge in [-0.25, -0.2) is 22.4 Å². The molecule has 2 aromatic carbocycles. The molecular formula is C18H18FNO6S. The Balaban J connectivity index is 2.13. The first-order valence-corrected chi connectivity index (χ1v) is 9.30. The third kappa shape index (κ3) is 5.04. The van der Waals surface area contributed by atoms with E-state index in [9.17, 15) is 22.4 Å². The van der Waals surface area contributed by atoms with Gasteiger partial charge in [-0.05, 0) is 61.9 Å². The maximum absolute atomic E-state index is 13.2. The average molecular weight is 395 g/mol. The molecule has 0 amide bonds. The highest BCUT2D eigenvalue weighted by molar-refractivity contribution is 7.92. The van der Waals surface area contributed by atoms with Gasteiger partial charge in [0.05, 0.1) is 17.6 Å². The number of halogens is 1. The van der Waals surface area contributed by atoms with Crippen LogP contribution in [0.4, 0.5) is 10.1 Å². The third-order valence-corrected chi connectivity index (χ3v) is 5.16. The Morgan fingerprint density at radius 1 is 1.11 bits per heavy atom. The molecule has 144 valence electrons. The Hall–Kier alpha value is -2.94. The van der Waals surface area contributed by atoms with Crippen LogP contribution in [0.5, 0.6) is 0 Å². The summed E-state index contributed by atoms with van der Waals surface area (Å²) < 4.78 is 49.8. The molecule has 0 aliphatic rings. The number of benzene rings is 2. The van der Waals surface area contributed by atoms with Crippen LogP contribution in [0.1, 0.15) is 22.8 Å². The molecule has 0 radical (unpaired) electrons. The standard InChI is InChI=1S/C18H18FNO6S/c1-11-10-14(19)6-9-16(11)27(23,24)20-15-7-4-13(5-8-15)18(22)26-12(2)17(21)25-3/h4-10,12,20H,1-3H3/t12-/m0/s1. The van der Waals surface area contributed by atoms with Gasteiger partial charge in [0.25, 0.3) is 10.0 Å². The van der Waals surface area contributed by atoms with E-state index in [-0.39, 0.29) is 21.7 Å². The smallest absolute Gasteiger partial charge is 0.346 e. The SMILES string of the molecule is COC(=O)[C@H](C)OC(=O)c1ccc(NS(=O)(=O)c2ccc(F)cc2C)cc1. The minimum atomic E-state index is -3.92. The lowest BCUT2D eigenvalue weighted by Crippen LogP contribution is -2.25. The zero-order chi connectivity index (χ0) is 20.2. The van der Waals surface area contributed by atoms with Crippen molar-refractivity contribution in [1.29, 1.82) is 0 Å². The molecule has 0 aromatic heterocycles. The highest BCUT2D eigenvalue weighted by Gasteiger charge is 2.20. The molecule has 2 aromatic rings. The molecule has 7 nitrogen and oxygen atoms in total. The molecule has 0 spiro atoms. The van der Waals surface area contributed by atoms with Crippen LogP contribution in [0, 0.1) is 12.7 Å². The van der Waals surface area contributed by atoms with Crippen molar-refractivity contribution in [2.75, 3.05) is 11.8 Å². The topological polar surface area (TPSA) is 98.8 Å². The predicted molar refractivity (Wildman–Crippen MR) is 95.3 cm³/mol. The molecule has 0 bridgehead atoms. The molecule has 0 fully saturated rings. The van der Waals surface area contributed by atoms with Crippen molar-refractivity contribution >= 4 is 27.6 Å². The van der Waals surface area contributed by atoms with Crippen LogP contribution in [0.3, 0.4) is 0 Å². The first-order chi connectivity index (χ1) is 12.6. The lowest BCUT2D eigenvalue weighted by molar-refractivity contribution is -0.149. The maximum Gasteiger partial charge on any atom is 0.346 e. The first kappa shape index (κ1) is 20.4. The summed E-state index contributed by atoms with van der Waals surface area (Å²) >= 11 is 0. The largest absolute Gasteiger partial charge is 0.466 e. The highest BCUT2D eigenvalue weighted by Crippen LogP contribution is 2.20. The molecule has 0 unspecified atom stereocenters. The Bertz CT molecular complexity index is 956. The van der Waals surface area contributed by atoms with Gasteiger partial charge in [0.15, 0.2) is 6.10 Å². The van der Waals surface area contributed by atoms with Crippen LogP contribution in [0.15, 0.2) is 47.4 Å². The number of hydrogen-bond donors (Lipinski definition) is 1. The monoisotopic (exact) mass is 395 g/mol. The zero-order valence-electron chi connectivity index (χ0n) is 14.9. The number of rotatable bonds is 6. The van der Waals surface area contributed by atoms with E-state index in [0.717, 1.165) is 12.1 Å². The molecular weight excluding hydrogens is 377 g/mol. The van der Waals surface area contributed by atoms with Crippen molar-refractivity contribution in [1.82, 2.24) is 0 Å². The molecule has 0 heterocycles. The number of carbonyl (C=O) groups excluding carboxylic acids is 2. The van der Waals surface area contributed by atoms with E-state index >= 15 is 0 Å². The van der Waals surface area contributed by atoms with Crippen LogP contribution in [-0.2, 0) is 24.3 Å². The fourth-order valence-electron chi connectivity index (χ4n) is 2.24. The van der Waals surface area contributed by atoms with E-state index in [4.69, 9.17) is 4.74 Å². The second kappa shape index (κ2) is 8.17. The van der Waals surface area contributed by atoms with E-state index < -0.39 is 33.9 Å². The second-order valence-corrected chi connectivity index (χ2v) is 7.31. The number of ether oxygens (including phenoxy) is 2. The Morgan fingerprint density at radius 3 is 2.30 bits per heavy atom. The summed E-state index contributed by atoms with van der Waals surface area (Å²) in [7, 11) is -2.74. The van der Waals surface area contributed by atoms with Gasteiger partial charge in [-0.1, -0.05) is 0 Å². The van der Waals surface area contributed by atoms with Crippen molar-refractivity contribution in [3.8, 4) is 0 Å². The number of carbonyl (C=O) groups is 2. The van der Waals surface area contributed by atoms with E-state index in [0.29, 0.717) is 0 Å². The second-order valence-electron chi connectivity index (χ2n) is 5.66. The number of nitrogens with one attached hydrogen (secondary N) is 1. The number of esters is 2. The van der Waals surface area contributed by atoms with Crippen LogP contribution in [0.2, 0.25) is 0 Å². The van der Waals surface area contributed by atoms with Crippen molar-refractivity contribution in [3.05, 3.63) is 59.4 Å². The van der Waals surface area contributed by atoms with Gasteiger partial charge < -0.3 is 9.47 Å². The number of hydrogen-bond acceptors (Lipinski definition) is 6. The number of anilines is 1. The van der Waals surface area contributed by atoms with E-state index in [1.165, 1.54) is 51.3 Å². The zero-order valence-corrected chi connectivity index (χ0v) is 15.7. The quantitative estimate of drug-likeness (QED) is 0.755. The first-order valence-electron chi connectivity index (χ1n) is 7.82. The lowest BCUT2D eigenvalue weighted by Gasteiger charge is -2.12. The third-order valence-electron chi connectivity index (χ3n) is 3.62. The number of aryl methyl sites for hydroxylation is 1. The minimum Gasteiger partial charge on any atom is -0.466 e. The van der Waals surface area contributed by atoms with Crippen LogP contribution >= 0.6 is 0 Å². The molecule has 0 aliphatic heterocycles. The molecule has 0 saturated heterocycles. The number of sulfonamides is 1. The van der Waals surface area contributed by atoms with E-state index in [1.54, 1.807) is 0 Å². The van der Waals surface area contributed by atoms with Gasteiger partial charge in [-0.15, -0.1) is 0 Å². The fraction of sp³-hybridized carbons (Fsp3) is 0.222. The summed E-state index contributed by atoms with van der Waals surface area (Å²) in [6.07, 6.45) is -1.07. The van der Waals surface area contributed by atoms with Gasteiger partial charge in [0.1, 0.15) is 5.82 Å². The summed E-state index contributed by atoms with van der Waals surface area (Å²) in [6, 6.07) is 8.79. The van der Waals surface area contributed by atoms with E-state index in [1.807, 2.05) is 0 Å². The molecule has 1 atom stereocenters. The minimum absolute atomic E-state index is 0.0562. The Morgan fingerprint density at radius 2 is 1.74 bits per heavy atom. The number of methoxy groups -OCH3 is 1. The van der Waals surface area contributed by atoms with Crippen LogP contribution in [-0.4, -0.2) is 33.6 Å².